The van der Waals surface area contributed by atoms with E-state index in [-0.39, 0.29) is 0 Å². The summed E-state index contributed by atoms with van der Waals surface area (Å²) in [6, 6.07) is 0. The van der Waals surface area contributed by atoms with E-state index in [4.69, 9.17) is 0 Å². The third-order valence-electron chi connectivity index (χ3n) is 2.11. The van der Waals surface area contributed by atoms with Gasteiger partial charge in [-0.05, 0) is 11.8 Å². The van der Waals surface area contributed by atoms with Crippen molar-refractivity contribution in [2.45, 2.75) is 33.6 Å². The van der Waals surface area contributed by atoms with Gasteiger partial charge in [0, 0.05) is 5.75 Å². The van der Waals surface area contributed by atoms with Gasteiger partial charge in [-0.1, -0.05) is 44.7 Å². The van der Waals surface area contributed by atoms with Crippen LogP contribution in [0.2, 0.25) is 0 Å². The molecule has 0 heterocycles. The fraction of sp³-hybridized carbons (Fsp3) is 1.00. The molecule has 0 saturated carbocycles. The number of hydrogen-bond acceptors (Lipinski definition) is 2. The van der Waals surface area contributed by atoms with Gasteiger partial charge in [-0.3, -0.25) is 4.21 Å². The van der Waals surface area contributed by atoms with Gasteiger partial charge in [0.1, 0.15) is 0 Å². The Morgan fingerprint density at radius 1 is 1.36 bits per heavy atom. The van der Waals surface area contributed by atoms with Gasteiger partial charge in [-0.2, -0.15) is 0 Å². The topological polar surface area (TPSA) is 40.1 Å². The highest BCUT2D eigenvalue weighted by Gasteiger charge is 2.10. The zero-order valence-electron chi connectivity index (χ0n) is 7.50. The second-order valence-electron chi connectivity index (χ2n) is 3.21. The molecule has 11 heavy (non-hydrogen) atoms. The van der Waals surface area contributed by atoms with Gasteiger partial charge in [-0.15, -0.1) is 0 Å². The van der Waals surface area contributed by atoms with E-state index < -0.39 is 11.1 Å². The van der Waals surface area contributed by atoms with Crippen LogP contribution in [0.1, 0.15) is 33.6 Å². The Kier molecular flexibility index (Phi) is 5.78. The molecule has 0 rings (SSSR count). The summed E-state index contributed by atoms with van der Waals surface area (Å²) in [5.74, 6) is 1.13. The van der Waals surface area contributed by atoms with Crippen molar-refractivity contribution in [3.05, 3.63) is 0 Å². The molecule has 0 radical (unpaired) electrons. The Bertz CT molecular complexity index is 125. The maximum Gasteiger partial charge on any atom is 0.0130 e. The number of rotatable bonds is 5. The largest absolute Gasteiger partial charge is 0.772 e. The summed E-state index contributed by atoms with van der Waals surface area (Å²) in [6.07, 6.45) is 2.26. The van der Waals surface area contributed by atoms with Crippen molar-refractivity contribution in [2.75, 3.05) is 5.75 Å². The summed E-state index contributed by atoms with van der Waals surface area (Å²) in [4.78, 5) is 0. The van der Waals surface area contributed by atoms with Crippen LogP contribution in [0.4, 0.5) is 0 Å². The molecule has 0 aromatic rings. The van der Waals surface area contributed by atoms with Crippen molar-refractivity contribution in [3.8, 4) is 0 Å². The molecule has 68 valence electrons. The van der Waals surface area contributed by atoms with Crippen molar-refractivity contribution < 1.29 is 8.76 Å². The van der Waals surface area contributed by atoms with Crippen molar-refractivity contribution in [3.63, 3.8) is 0 Å². The predicted octanol–water partition coefficient (Wildman–Crippen LogP) is 1.94. The third kappa shape index (κ3) is 5.39. The minimum atomic E-state index is -1.87. The van der Waals surface area contributed by atoms with E-state index in [2.05, 4.69) is 13.8 Å². The lowest BCUT2D eigenvalue weighted by Crippen LogP contribution is -2.15. The molecule has 0 aliphatic heterocycles. The van der Waals surface area contributed by atoms with Crippen LogP contribution in [-0.2, 0) is 11.1 Å². The fourth-order valence-electron chi connectivity index (χ4n) is 1.12. The molecule has 0 fully saturated rings. The molecule has 0 aromatic heterocycles. The van der Waals surface area contributed by atoms with Crippen LogP contribution in [0.15, 0.2) is 0 Å². The normalized spacial score (nSPS) is 19.3. The second kappa shape index (κ2) is 5.72. The molecule has 2 nitrogen and oxygen atoms in total. The Morgan fingerprint density at radius 3 is 2.27 bits per heavy atom. The summed E-state index contributed by atoms with van der Waals surface area (Å²) in [6.45, 7) is 6.23. The first-order valence-corrected chi connectivity index (χ1v) is 5.38. The molecule has 0 amide bonds. The molecular weight excluding hydrogens is 160 g/mol. The summed E-state index contributed by atoms with van der Waals surface area (Å²) in [5, 5.41) is 0. The smallest absolute Gasteiger partial charge is 0.0130 e. The van der Waals surface area contributed by atoms with E-state index in [0.717, 1.165) is 12.8 Å². The Morgan fingerprint density at radius 2 is 1.91 bits per heavy atom. The van der Waals surface area contributed by atoms with E-state index in [1.54, 1.807) is 0 Å². The summed E-state index contributed by atoms with van der Waals surface area (Å²) >= 11 is -1.87. The van der Waals surface area contributed by atoms with Crippen LogP contribution in [0, 0.1) is 11.8 Å². The van der Waals surface area contributed by atoms with Gasteiger partial charge in [-0.25, -0.2) is 0 Å². The van der Waals surface area contributed by atoms with Crippen LogP contribution in [0.3, 0.4) is 0 Å². The minimum Gasteiger partial charge on any atom is -0.772 e. The molecule has 0 aliphatic rings. The molecule has 0 saturated heterocycles. The monoisotopic (exact) mass is 177 g/mol. The first kappa shape index (κ1) is 11.1. The van der Waals surface area contributed by atoms with Crippen molar-refractivity contribution in [1.82, 2.24) is 0 Å². The van der Waals surface area contributed by atoms with E-state index in [9.17, 15) is 8.76 Å². The molecular formula is C8H17O2S-. The van der Waals surface area contributed by atoms with Gasteiger partial charge >= 0.3 is 0 Å². The van der Waals surface area contributed by atoms with Gasteiger partial charge in [0.2, 0.25) is 0 Å². The molecule has 0 N–H and O–H groups in total. The summed E-state index contributed by atoms with van der Waals surface area (Å²) in [5.41, 5.74) is 0. The standard InChI is InChI=1S/C8H18O2S/c1-4-5-7(2)8(3)6-11(9)10/h7-8H,4-6H2,1-3H3,(H,9,10)/p-1. The molecule has 3 heteroatoms. The average molecular weight is 177 g/mol. The van der Waals surface area contributed by atoms with Crippen LogP contribution in [0.5, 0.6) is 0 Å². The van der Waals surface area contributed by atoms with Crippen molar-refractivity contribution >= 4 is 11.1 Å². The molecule has 0 spiro atoms. The Balaban J connectivity index is 3.63. The lowest BCUT2D eigenvalue weighted by atomic mass is 9.93. The first-order chi connectivity index (χ1) is 5.07. The lowest BCUT2D eigenvalue weighted by Gasteiger charge is -2.19. The highest BCUT2D eigenvalue weighted by Crippen LogP contribution is 2.16. The lowest BCUT2D eigenvalue weighted by molar-refractivity contribution is 0.385. The van der Waals surface area contributed by atoms with Crippen molar-refractivity contribution in [2.24, 2.45) is 11.8 Å². The highest BCUT2D eigenvalue weighted by molar-refractivity contribution is 7.79. The Hall–Kier alpha value is 0.110. The molecule has 3 unspecified atom stereocenters. The van der Waals surface area contributed by atoms with E-state index in [0.29, 0.717) is 17.6 Å². The average Bonchev–Trinajstić information content (AvgIpc) is 1.86. The summed E-state index contributed by atoms with van der Waals surface area (Å²) < 4.78 is 20.6. The maximum atomic E-state index is 10.3. The zero-order chi connectivity index (χ0) is 8.85. The van der Waals surface area contributed by atoms with Gasteiger partial charge in [0.15, 0.2) is 0 Å². The highest BCUT2D eigenvalue weighted by atomic mass is 32.2. The quantitative estimate of drug-likeness (QED) is 0.602. The number of hydrogen-bond donors (Lipinski definition) is 0. The van der Waals surface area contributed by atoms with Crippen molar-refractivity contribution in [1.29, 1.82) is 0 Å². The van der Waals surface area contributed by atoms with E-state index in [1.165, 1.54) is 0 Å². The van der Waals surface area contributed by atoms with Crippen LogP contribution < -0.4 is 0 Å². The second-order valence-corrected chi connectivity index (χ2v) is 4.15. The van der Waals surface area contributed by atoms with Crippen LogP contribution >= 0.6 is 0 Å². The zero-order valence-corrected chi connectivity index (χ0v) is 8.32. The SMILES string of the molecule is CCCC(C)C(C)CS(=O)[O-]. The summed E-state index contributed by atoms with van der Waals surface area (Å²) in [7, 11) is 0. The molecule has 3 atom stereocenters. The Labute approximate surface area is 71.7 Å². The third-order valence-corrected chi connectivity index (χ3v) is 2.91. The maximum absolute atomic E-state index is 10.3. The van der Waals surface area contributed by atoms with Gasteiger partial charge < -0.3 is 4.55 Å². The van der Waals surface area contributed by atoms with Crippen LogP contribution in [-0.4, -0.2) is 14.5 Å². The van der Waals surface area contributed by atoms with Crippen LogP contribution in [0.25, 0.3) is 0 Å². The van der Waals surface area contributed by atoms with E-state index in [1.807, 2.05) is 6.92 Å². The van der Waals surface area contributed by atoms with Gasteiger partial charge in [0.05, 0.1) is 0 Å². The molecule has 0 bridgehead atoms. The predicted molar refractivity (Wildman–Crippen MR) is 47.0 cm³/mol. The van der Waals surface area contributed by atoms with Gasteiger partial charge in [0.25, 0.3) is 0 Å². The van der Waals surface area contributed by atoms with E-state index >= 15 is 0 Å². The fourth-order valence-corrected chi connectivity index (χ4v) is 1.88. The first-order valence-electron chi connectivity index (χ1n) is 4.13. The molecule has 0 aromatic carbocycles. The minimum absolute atomic E-state index is 0.299. The molecule has 0 aliphatic carbocycles.